The number of halogens is 1. The molecule has 1 saturated carbocycles. The van der Waals surface area contributed by atoms with Crippen LogP contribution in [0, 0.1) is 13.8 Å². The molecule has 1 aliphatic carbocycles. The van der Waals surface area contributed by atoms with Crippen molar-refractivity contribution >= 4 is 47.3 Å². The first-order chi connectivity index (χ1) is 12.1. The van der Waals surface area contributed by atoms with Crippen LogP contribution < -0.4 is 0 Å². The standard InChI is InChI=1S/C17H20BrNO4S3/c1-12-7-8-15(11-13(12)2)25(20,21)19(14-5-3-4-6-14)26(22,23)17-10-9-16(18)24-17/h7-11,14H,3-6H2,1-2H3. The fourth-order valence-corrected chi connectivity index (χ4v) is 9.58. The highest BCUT2D eigenvalue weighted by molar-refractivity contribution is 9.11. The van der Waals surface area contributed by atoms with Gasteiger partial charge in [-0.25, -0.2) is 16.8 Å². The molecular formula is C17H20BrNO4S3. The van der Waals surface area contributed by atoms with Crippen LogP contribution in [0.2, 0.25) is 0 Å². The van der Waals surface area contributed by atoms with Crippen molar-refractivity contribution in [1.29, 1.82) is 0 Å². The second-order valence-electron chi connectivity index (χ2n) is 6.48. The van der Waals surface area contributed by atoms with Crippen molar-refractivity contribution in [2.24, 2.45) is 0 Å². The molecule has 0 radical (unpaired) electrons. The first kappa shape index (κ1) is 20.0. The summed E-state index contributed by atoms with van der Waals surface area (Å²) in [5.41, 5.74) is 1.77. The SMILES string of the molecule is Cc1ccc(S(=O)(=O)N(C2CCCC2)S(=O)(=O)c2ccc(Br)s2)cc1C. The zero-order valence-electron chi connectivity index (χ0n) is 14.5. The summed E-state index contributed by atoms with van der Waals surface area (Å²) in [6.07, 6.45) is 2.76. The Morgan fingerprint density at radius 2 is 1.62 bits per heavy atom. The van der Waals surface area contributed by atoms with Gasteiger partial charge in [0.25, 0.3) is 20.0 Å². The average Bonchev–Trinajstić information content (AvgIpc) is 3.21. The molecule has 2 aromatic rings. The van der Waals surface area contributed by atoms with Crippen molar-refractivity contribution in [3.63, 3.8) is 0 Å². The smallest absolute Gasteiger partial charge is 0.206 e. The van der Waals surface area contributed by atoms with E-state index in [1.165, 1.54) is 12.1 Å². The van der Waals surface area contributed by atoms with Crippen LogP contribution in [0.25, 0.3) is 0 Å². The van der Waals surface area contributed by atoms with Gasteiger partial charge in [0.2, 0.25) is 0 Å². The Labute approximate surface area is 167 Å². The minimum atomic E-state index is -4.18. The fraction of sp³-hybridized carbons (Fsp3) is 0.412. The number of sulfonamides is 2. The minimum absolute atomic E-state index is 0.0201. The molecule has 9 heteroatoms. The number of hydrogen-bond acceptors (Lipinski definition) is 5. The molecule has 0 aliphatic heterocycles. The quantitative estimate of drug-likeness (QED) is 0.637. The Morgan fingerprint density at radius 3 is 2.15 bits per heavy atom. The molecule has 0 saturated heterocycles. The molecule has 0 bridgehead atoms. The highest BCUT2D eigenvalue weighted by Gasteiger charge is 2.43. The lowest BCUT2D eigenvalue weighted by Gasteiger charge is -2.27. The van der Waals surface area contributed by atoms with Crippen molar-refractivity contribution in [1.82, 2.24) is 3.71 Å². The van der Waals surface area contributed by atoms with Crippen molar-refractivity contribution in [2.45, 2.75) is 54.7 Å². The molecule has 0 amide bonds. The van der Waals surface area contributed by atoms with Gasteiger partial charge in [0.15, 0.2) is 0 Å². The molecular weight excluding hydrogens is 458 g/mol. The van der Waals surface area contributed by atoms with Gasteiger partial charge in [0, 0.05) is 6.04 Å². The highest BCUT2D eigenvalue weighted by Crippen LogP contribution is 2.37. The highest BCUT2D eigenvalue weighted by atomic mass is 79.9. The maximum Gasteiger partial charge on any atom is 0.266 e. The van der Waals surface area contributed by atoms with Gasteiger partial charge in [-0.05, 0) is 78.0 Å². The zero-order valence-corrected chi connectivity index (χ0v) is 18.5. The molecule has 0 unspecified atom stereocenters. The third-order valence-electron chi connectivity index (χ3n) is 4.68. The van der Waals surface area contributed by atoms with Crippen molar-refractivity contribution in [3.8, 4) is 0 Å². The van der Waals surface area contributed by atoms with Gasteiger partial charge in [0.1, 0.15) is 4.21 Å². The first-order valence-corrected chi connectivity index (χ1v) is 12.8. The Morgan fingerprint density at radius 1 is 0.962 bits per heavy atom. The minimum Gasteiger partial charge on any atom is -0.206 e. The van der Waals surface area contributed by atoms with E-state index in [2.05, 4.69) is 15.9 Å². The van der Waals surface area contributed by atoms with E-state index >= 15 is 0 Å². The molecule has 5 nitrogen and oxygen atoms in total. The zero-order chi connectivity index (χ0) is 19.1. The van der Waals surface area contributed by atoms with E-state index in [0.29, 0.717) is 16.6 Å². The van der Waals surface area contributed by atoms with Crippen LogP contribution in [-0.2, 0) is 20.0 Å². The van der Waals surface area contributed by atoms with Crippen molar-refractivity contribution in [3.05, 3.63) is 45.2 Å². The maximum atomic E-state index is 13.3. The normalized spacial score (nSPS) is 16.5. The molecule has 0 N–H and O–H groups in total. The van der Waals surface area contributed by atoms with Gasteiger partial charge in [-0.3, -0.25) is 0 Å². The summed E-state index contributed by atoms with van der Waals surface area (Å²) in [6, 6.07) is 7.28. The summed E-state index contributed by atoms with van der Waals surface area (Å²) in [7, 11) is -8.34. The first-order valence-electron chi connectivity index (χ1n) is 8.26. The summed E-state index contributed by atoms with van der Waals surface area (Å²) in [6.45, 7) is 3.71. The van der Waals surface area contributed by atoms with E-state index in [9.17, 15) is 16.8 Å². The molecule has 1 aromatic heterocycles. The number of benzene rings is 1. The topological polar surface area (TPSA) is 71.5 Å². The summed E-state index contributed by atoms with van der Waals surface area (Å²) in [4.78, 5) is 0.0201. The maximum absolute atomic E-state index is 13.3. The van der Waals surface area contributed by atoms with Crippen molar-refractivity contribution < 1.29 is 16.8 Å². The van der Waals surface area contributed by atoms with E-state index in [1.807, 2.05) is 13.8 Å². The third kappa shape index (κ3) is 3.64. The van der Waals surface area contributed by atoms with E-state index in [1.54, 1.807) is 18.2 Å². The summed E-state index contributed by atoms with van der Waals surface area (Å²) < 4.78 is 54.6. The summed E-state index contributed by atoms with van der Waals surface area (Å²) in [5.74, 6) is 0. The number of rotatable bonds is 5. The lowest BCUT2D eigenvalue weighted by molar-refractivity contribution is 0.426. The second-order valence-corrected chi connectivity index (χ2v) is 13.0. The number of thiophene rings is 1. The number of hydrogen-bond donors (Lipinski definition) is 0. The van der Waals surface area contributed by atoms with Crippen LogP contribution in [0.1, 0.15) is 36.8 Å². The van der Waals surface area contributed by atoms with Crippen LogP contribution >= 0.6 is 27.3 Å². The Kier molecular flexibility index (Phi) is 5.66. The predicted molar refractivity (Wildman–Crippen MR) is 106 cm³/mol. The number of nitrogens with zero attached hydrogens (tertiary/aromatic N) is 1. The lowest BCUT2D eigenvalue weighted by atomic mass is 10.1. The van der Waals surface area contributed by atoms with Crippen LogP contribution in [-0.4, -0.2) is 26.6 Å². The molecule has 1 heterocycles. The van der Waals surface area contributed by atoms with E-state index in [0.717, 1.165) is 39.0 Å². The van der Waals surface area contributed by atoms with Crippen LogP contribution in [0.5, 0.6) is 0 Å². The Hall–Kier alpha value is -0.740. The van der Waals surface area contributed by atoms with Crippen LogP contribution in [0.3, 0.4) is 0 Å². The molecule has 3 rings (SSSR count). The monoisotopic (exact) mass is 477 g/mol. The molecule has 1 aliphatic rings. The third-order valence-corrected chi connectivity index (χ3v) is 11.2. The molecule has 1 aromatic carbocycles. The van der Waals surface area contributed by atoms with E-state index in [4.69, 9.17) is 0 Å². The average molecular weight is 478 g/mol. The molecule has 1 fully saturated rings. The largest absolute Gasteiger partial charge is 0.266 e. The predicted octanol–water partition coefficient (Wildman–Crippen LogP) is 4.45. The van der Waals surface area contributed by atoms with Crippen molar-refractivity contribution in [2.75, 3.05) is 0 Å². The molecule has 142 valence electrons. The summed E-state index contributed by atoms with van der Waals surface area (Å²) in [5, 5.41) is 0. The van der Waals surface area contributed by atoms with Gasteiger partial charge < -0.3 is 0 Å². The Bertz CT molecular complexity index is 1020. The Balaban J connectivity index is 2.16. The van der Waals surface area contributed by atoms with Gasteiger partial charge in [-0.2, -0.15) is 0 Å². The second kappa shape index (κ2) is 7.35. The molecule has 0 spiro atoms. The molecule has 0 atom stereocenters. The van der Waals surface area contributed by atoms with Gasteiger partial charge >= 0.3 is 0 Å². The van der Waals surface area contributed by atoms with Gasteiger partial charge in [0.05, 0.1) is 8.68 Å². The number of aryl methyl sites for hydroxylation is 2. The molecule has 26 heavy (non-hydrogen) atoms. The summed E-state index contributed by atoms with van der Waals surface area (Å²) >= 11 is 4.28. The van der Waals surface area contributed by atoms with Crippen LogP contribution in [0.4, 0.5) is 0 Å². The van der Waals surface area contributed by atoms with Crippen LogP contribution in [0.15, 0.2) is 43.2 Å². The van der Waals surface area contributed by atoms with Gasteiger partial charge in [-0.1, -0.05) is 22.6 Å². The lowest BCUT2D eigenvalue weighted by Crippen LogP contribution is -2.43. The fourth-order valence-electron chi connectivity index (χ4n) is 3.14. The van der Waals surface area contributed by atoms with Gasteiger partial charge in [-0.15, -0.1) is 11.3 Å². The van der Waals surface area contributed by atoms with E-state index in [-0.39, 0.29) is 9.10 Å². The van der Waals surface area contributed by atoms with E-state index < -0.39 is 26.1 Å².